The molecular formula is C24H29N3O. The van der Waals surface area contributed by atoms with Crippen molar-refractivity contribution < 1.29 is 4.79 Å². The number of fused-ring (bicyclic) bond motifs is 1. The summed E-state index contributed by atoms with van der Waals surface area (Å²) in [4.78, 5) is 18.8. The monoisotopic (exact) mass is 375 g/mol. The molecule has 3 N–H and O–H groups in total. The summed E-state index contributed by atoms with van der Waals surface area (Å²) in [5, 5.41) is 0.966. The molecule has 3 rings (SSSR count). The van der Waals surface area contributed by atoms with Crippen molar-refractivity contribution in [1.29, 1.82) is 0 Å². The van der Waals surface area contributed by atoms with E-state index < -0.39 is 5.91 Å². The van der Waals surface area contributed by atoms with Crippen LogP contribution in [0, 0.1) is 0 Å². The van der Waals surface area contributed by atoms with E-state index in [1.165, 1.54) is 17.2 Å². The first-order valence-electron chi connectivity index (χ1n) is 9.56. The molecule has 0 saturated carbocycles. The van der Waals surface area contributed by atoms with Crippen molar-refractivity contribution in [2.45, 2.75) is 52.4 Å². The molecule has 0 unspecified atom stereocenters. The Labute approximate surface area is 166 Å². The zero-order valence-electron chi connectivity index (χ0n) is 17.6. The molecule has 4 heteroatoms. The number of amides is 1. The van der Waals surface area contributed by atoms with Gasteiger partial charge in [0.25, 0.3) is 0 Å². The average molecular weight is 376 g/mol. The number of carbonyl (C=O) groups is 1. The molecule has 0 atom stereocenters. The van der Waals surface area contributed by atoms with Crippen molar-refractivity contribution in [1.82, 2.24) is 9.97 Å². The van der Waals surface area contributed by atoms with Crippen LogP contribution >= 0.6 is 0 Å². The molecule has 0 radical (unpaired) electrons. The number of aromatic nitrogens is 2. The topological polar surface area (TPSA) is 71.8 Å². The largest absolute Gasteiger partial charge is 0.366 e. The fourth-order valence-electron chi connectivity index (χ4n) is 3.15. The van der Waals surface area contributed by atoms with Crippen LogP contribution in [0.3, 0.4) is 0 Å². The van der Waals surface area contributed by atoms with Gasteiger partial charge in [-0.25, -0.2) is 4.98 Å². The molecular weight excluding hydrogens is 346 g/mol. The Bertz CT molecular complexity index is 1030. The Hall–Kier alpha value is -2.88. The molecule has 0 bridgehead atoms. The number of pyridine rings is 1. The predicted octanol–water partition coefficient (Wildman–Crippen LogP) is 5.32. The van der Waals surface area contributed by atoms with Gasteiger partial charge in [-0.15, -0.1) is 0 Å². The van der Waals surface area contributed by atoms with Crippen molar-refractivity contribution in [3.8, 4) is 11.1 Å². The van der Waals surface area contributed by atoms with Gasteiger partial charge in [-0.1, -0.05) is 59.7 Å². The molecule has 0 aliphatic carbocycles. The molecule has 4 nitrogen and oxygen atoms in total. The van der Waals surface area contributed by atoms with E-state index in [4.69, 9.17) is 5.73 Å². The van der Waals surface area contributed by atoms with Crippen molar-refractivity contribution in [2.24, 2.45) is 5.73 Å². The Morgan fingerprint density at radius 3 is 2.11 bits per heavy atom. The van der Waals surface area contributed by atoms with Crippen LogP contribution in [0.5, 0.6) is 0 Å². The van der Waals surface area contributed by atoms with Gasteiger partial charge >= 0.3 is 0 Å². The Morgan fingerprint density at radius 2 is 1.57 bits per heavy atom. The highest BCUT2D eigenvalue weighted by Gasteiger charge is 2.21. The van der Waals surface area contributed by atoms with Gasteiger partial charge in [0, 0.05) is 35.0 Å². The maximum Gasteiger partial charge on any atom is 0.241 e. The Balaban J connectivity index is 2.18. The fraction of sp³-hybridized carbons (Fsp3) is 0.333. The lowest BCUT2D eigenvalue weighted by molar-refractivity contribution is -0.113. The summed E-state index contributed by atoms with van der Waals surface area (Å²) in [5.41, 5.74) is 11.8. The van der Waals surface area contributed by atoms with Crippen LogP contribution in [0.1, 0.15) is 58.2 Å². The number of nitrogens with one attached hydrogen (secondary N) is 1. The Kier molecular flexibility index (Phi) is 4.92. The highest BCUT2D eigenvalue weighted by molar-refractivity contribution is 5.95. The number of hydrogen-bond donors (Lipinski definition) is 2. The van der Waals surface area contributed by atoms with Crippen molar-refractivity contribution in [3.05, 3.63) is 59.4 Å². The van der Waals surface area contributed by atoms with E-state index in [1.807, 2.05) is 12.4 Å². The van der Waals surface area contributed by atoms with Gasteiger partial charge in [-0.05, 0) is 39.7 Å². The third kappa shape index (κ3) is 4.16. The van der Waals surface area contributed by atoms with E-state index in [2.05, 4.69) is 75.8 Å². The number of aromatic amines is 1. The van der Waals surface area contributed by atoms with Crippen LogP contribution in [0.4, 0.5) is 0 Å². The molecule has 1 aromatic carbocycles. The minimum atomic E-state index is -0.467. The normalized spacial score (nSPS) is 12.8. The molecule has 0 spiro atoms. The number of nitrogens with zero attached hydrogens (tertiary/aromatic N) is 1. The van der Waals surface area contributed by atoms with Gasteiger partial charge in [0.1, 0.15) is 5.65 Å². The van der Waals surface area contributed by atoms with Crippen LogP contribution in [0.25, 0.3) is 28.2 Å². The first-order chi connectivity index (χ1) is 12.9. The molecule has 2 heterocycles. The van der Waals surface area contributed by atoms with Crippen LogP contribution in [0.15, 0.2) is 42.7 Å². The lowest BCUT2D eigenvalue weighted by atomic mass is 9.79. The number of rotatable bonds is 3. The molecule has 28 heavy (non-hydrogen) atoms. The smallest absolute Gasteiger partial charge is 0.241 e. The zero-order valence-corrected chi connectivity index (χ0v) is 17.6. The molecule has 0 aliphatic heterocycles. The molecule has 3 aromatic rings. The molecule has 2 aromatic heterocycles. The van der Waals surface area contributed by atoms with Crippen LogP contribution in [-0.2, 0) is 15.6 Å². The van der Waals surface area contributed by atoms with Crippen LogP contribution < -0.4 is 5.73 Å². The molecule has 0 saturated heterocycles. The second kappa shape index (κ2) is 6.93. The molecule has 0 aliphatic rings. The van der Waals surface area contributed by atoms with Crippen molar-refractivity contribution >= 4 is 23.0 Å². The van der Waals surface area contributed by atoms with Gasteiger partial charge in [0.15, 0.2) is 0 Å². The van der Waals surface area contributed by atoms with Gasteiger partial charge in [0.2, 0.25) is 5.91 Å². The Morgan fingerprint density at radius 1 is 0.964 bits per heavy atom. The minimum Gasteiger partial charge on any atom is -0.366 e. The first-order valence-corrected chi connectivity index (χ1v) is 9.56. The van der Waals surface area contributed by atoms with Gasteiger partial charge in [0.05, 0.1) is 0 Å². The van der Waals surface area contributed by atoms with Gasteiger partial charge in [-0.2, -0.15) is 0 Å². The van der Waals surface area contributed by atoms with Crippen molar-refractivity contribution in [2.75, 3.05) is 0 Å². The van der Waals surface area contributed by atoms with E-state index in [-0.39, 0.29) is 10.8 Å². The number of H-pyrrole nitrogens is 1. The fourth-order valence-corrected chi connectivity index (χ4v) is 3.15. The predicted molar refractivity (Wildman–Crippen MR) is 117 cm³/mol. The summed E-state index contributed by atoms with van der Waals surface area (Å²) >= 11 is 0. The number of carbonyl (C=O) groups excluding carboxylic acids is 1. The molecule has 146 valence electrons. The van der Waals surface area contributed by atoms with Crippen LogP contribution in [0.2, 0.25) is 0 Å². The summed E-state index contributed by atoms with van der Waals surface area (Å²) in [6.45, 7) is 13.4. The number of hydrogen-bond acceptors (Lipinski definition) is 2. The summed E-state index contributed by atoms with van der Waals surface area (Å²) in [6.07, 6.45) is 6.83. The number of nitrogens with two attached hydrogens (primary N) is 1. The quantitative estimate of drug-likeness (QED) is 0.608. The maximum atomic E-state index is 11.1. The second-order valence-electron chi connectivity index (χ2n) is 9.40. The number of benzene rings is 1. The van der Waals surface area contributed by atoms with Crippen LogP contribution in [-0.4, -0.2) is 15.9 Å². The average Bonchev–Trinajstić information content (AvgIpc) is 3.00. The minimum absolute atomic E-state index is 0.0526. The summed E-state index contributed by atoms with van der Waals surface area (Å²) in [5.74, 6) is -0.467. The van der Waals surface area contributed by atoms with Crippen molar-refractivity contribution in [3.63, 3.8) is 0 Å². The van der Waals surface area contributed by atoms with E-state index in [9.17, 15) is 4.79 Å². The first kappa shape index (κ1) is 19.9. The zero-order chi connectivity index (χ0) is 20.7. The van der Waals surface area contributed by atoms with Gasteiger partial charge in [-0.3, -0.25) is 4.79 Å². The highest BCUT2D eigenvalue weighted by atomic mass is 16.1. The molecule has 1 amide bonds. The highest BCUT2D eigenvalue weighted by Crippen LogP contribution is 2.34. The maximum absolute atomic E-state index is 11.1. The summed E-state index contributed by atoms with van der Waals surface area (Å²) in [7, 11) is 0. The lowest BCUT2D eigenvalue weighted by Crippen LogP contribution is -2.16. The molecule has 0 fully saturated rings. The van der Waals surface area contributed by atoms with E-state index in [0.29, 0.717) is 0 Å². The van der Waals surface area contributed by atoms with Gasteiger partial charge < -0.3 is 10.7 Å². The number of primary amides is 1. The summed E-state index contributed by atoms with van der Waals surface area (Å²) < 4.78 is 0. The summed E-state index contributed by atoms with van der Waals surface area (Å²) in [6, 6.07) is 8.94. The third-order valence-electron chi connectivity index (χ3n) is 4.99. The third-order valence-corrected chi connectivity index (χ3v) is 4.99. The second-order valence-corrected chi connectivity index (χ2v) is 9.40. The van der Waals surface area contributed by atoms with E-state index >= 15 is 0 Å². The van der Waals surface area contributed by atoms with E-state index in [1.54, 1.807) is 6.08 Å². The standard InChI is InChI=1S/C24H29N3O/c1-23(2,3)18-9-16(10-19(12-18)24(4,5)6)17-11-20-15(7-8-21(25)28)13-26-22(20)27-14-17/h7-14H,1-6H3,(H2,25,28)(H,26,27). The van der Waals surface area contributed by atoms with E-state index in [0.717, 1.165) is 27.7 Å². The SMILES string of the molecule is CC(C)(C)c1cc(-c2cnc3[nH]cc(C=CC(N)=O)c3c2)cc(C(C)(C)C)c1. The lowest BCUT2D eigenvalue weighted by Gasteiger charge is -2.26.